The van der Waals surface area contributed by atoms with Crippen molar-refractivity contribution in [3.63, 3.8) is 0 Å². The number of nitrogens with one attached hydrogen (secondary N) is 1. The fourth-order valence-corrected chi connectivity index (χ4v) is 2.15. The van der Waals surface area contributed by atoms with E-state index in [0.29, 0.717) is 21.1 Å². The van der Waals surface area contributed by atoms with E-state index < -0.39 is 10.7 Å². The number of non-ortho nitro benzene ring substituents is 1. The zero-order chi connectivity index (χ0) is 12.6. The van der Waals surface area contributed by atoms with Gasteiger partial charge in [-0.25, -0.2) is 9.37 Å². The van der Waals surface area contributed by atoms with E-state index in [1.54, 1.807) is 7.05 Å². The molecule has 5 nitrogen and oxygen atoms in total. The molecule has 1 N–H and O–H groups in total. The first kappa shape index (κ1) is 11.7. The summed E-state index contributed by atoms with van der Waals surface area (Å²) in [6.45, 7) is 0. The number of anilines is 1. The largest absolute Gasteiger partial charge is 0.373 e. The number of hydrogen-bond donors (Lipinski definition) is 1. The molecule has 0 spiro atoms. The molecule has 2 aromatic rings. The van der Waals surface area contributed by atoms with Crippen LogP contribution >= 0.6 is 15.9 Å². The van der Waals surface area contributed by atoms with Crippen molar-refractivity contribution in [1.29, 1.82) is 0 Å². The molecule has 1 aromatic carbocycles. The van der Waals surface area contributed by atoms with Gasteiger partial charge in [0, 0.05) is 18.6 Å². The number of halogens is 2. The molecule has 88 valence electrons. The number of aromatic nitrogens is 1. The van der Waals surface area contributed by atoms with Gasteiger partial charge >= 0.3 is 0 Å². The molecule has 0 radical (unpaired) electrons. The van der Waals surface area contributed by atoms with Crippen molar-refractivity contribution in [3.05, 3.63) is 38.7 Å². The molecule has 0 aliphatic carbocycles. The lowest BCUT2D eigenvalue weighted by molar-refractivity contribution is -0.383. The van der Waals surface area contributed by atoms with Crippen LogP contribution in [-0.4, -0.2) is 17.0 Å². The Labute approximate surface area is 104 Å². The van der Waals surface area contributed by atoms with E-state index in [-0.39, 0.29) is 5.69 Å². The zero-order valence-corrected chi connectivity index (χ0v) is 10.3. The number of fused-ring (bicyclic) bond motifs is 1. The Morgan fingerprint density at radius 3 is 2.82 bits per heavy atom. The predicted octanol–water partition coefficient (Wildman–Crippen LogP) is 3.09. The van der Waals surface area contributed by atoms with Crippen LogP contribution in [-0.2, 0) is 0 Å². The molecule has 0 unspecified atom stereocenters. The van der Waals surface area contributed by atoms with E-state index in [1.807, 2.05) is 0 Å². The first-order valence-electron chi connectivity index (χ1n) is 4.64. The Morgan fingerprint density at radius 1 is 1.53 bits per heavy atom. The Bertz CT molecular complexity index is 618. The molecule has 0 aliphatic heterocycles. The molecule has 2 rings (SSSR count). The maximum Gasteiger partial charge on any atom is 0.281 e. The van der Waals surface area contributed by atoms with E-state index in [1.165, 1.54) is 12.3 Å². The average Bonchev–Trinajstić information content (AvgIpc) is 2.28. The Hall–Kier alpha value is -1.76. The summed E-state index contributed by atoms with van der Waals surface area (Å²) in [5.41, 5.74) is -0.286. The Kier molecular flexibility index (Phi) is 2.93. The number of pyridine rings is 1. The van der Waals surface area contributed by atoms with E-state index >= 15 is 0 Å². The van der Waals surface area contributed by atoms with Gasteiger partial charge in [-0.15, -0.1) is 0 Å². The summed E-state index contributed by atoms with van der Waals surface area (Å²) in [6.07, 6.45) is 1.44. The zero-order valence-electron chi connectivity index (χ0n) is 8.70. The predicted molar refractivity (Wildman–Crippen MR) is 65.6 cm³/mol. The summed E-state index contributed by atoms with van der Waals surface area (Å²) >= 11 is 3.19. The van der Waals surface area contributed by atoms with Crippen molar-refractivity contribution in [2.24, 2.45) is 0 Å². The van der Waals surface area contributed by atoms with Crippen molar-refractivity contribution < 1.29 is 9.31 Å². The van der Waals surface area contributed by atoms with Gasteiger partial charge in [0.05, 0.1) is 20.8 Å². The van der Waals surface area contributed by atoms with Gasteiger partial charge in [0.15, 0.2) is 0 Å². The van der Waals surface area contributed by atoms with Gasteiger partial charge < -0.3 is 5.32 Å². The lowest BCUT2D eigenvalue weighted by atomic mass is 10.1. The van der Waals surface area contributed by atoms with Crippen LogP contribution in [0.5, 0.6) is 0 Å². The van der Waals surface area contributed by atoms with Gasteiger partial charge in [0.1, 0.15) is 11.6 Å². The topological polar surface area (TPSA) is 68.1 Å². The second kappa shape index (κ2) is 4.25. The van der Waals surface area contributed by atoms with E-state index in [4.69, 9.17) is 0 Å². The van der Waals surface area contributed by atoms with Crippen molar-refractivity contribution in [3.8, 4) is 0 Å². The Morgan fingerprint density at radius 2 is 2.24 bits per heavy atom. The van der Waals surface area contributed by atoms with E-state index in [9.17, 15) is 14.5 Å². The van der Waals surface area contributed by atoms with Crippen LogP contribution in [0, 0.1) is 15.9 Å². The van der Waals surface area contributed by atoms with Gasteiger partial charge in [-0.2, -0.15) is 0 Å². The summed E-state index contributed by atoms with van der Waals surface area (Å²) in [5, 5.41) is 14.4. The number of nitro benzene ring substituents is 1. The van der Waals surface area contributed by atoms with Crippen LogP contribution in [0.1, 0.15) is 0 Å². The van der Waals surface area contributed by atoms with Crippen LogP contribution < -0.4 is 5.32 Å². The van der Waals surface area contributed by atoms with Gasteiger partial charge in [-0.05, 0) is 22.0 Å². The van der Waals surface area contributed by atoms with Gasteiger partial charge in [-0.3, -0.25) is 10.1 Å². The molecule has 7 heteroatoms. The monoisotopic (exact) mass is 299 g/mol. The number of rotatable bonds is 2. The average molecular weight is 300 g/mol. The SMILES string of the molecule is CNc1ncc(Br)c2c([N+](=O)[O-])cc(F)cc12. The van der Waals surface area contributed by atoms with Crippen molar-refractivity contribution >= 4 is 38.2 Å². The minimum atomic E-state index is -0.666. The Balaban J connectivity index is 2.97. The highest BCUT2D eigenvalue weighted by molar-refractivity contribution is 9.10. The fourth-order valence-electron chi connectivity index (χ4n) is 1.63. The van der Waals surface area contributed by atoms with Crippen molar-refractivity contribution in [1.82, 2.24) is 4.98 Å². The molecule has 0 fully saturated rings. The lowest BCUT2D eigenvalue weighted by Gasteiger charge is -2.07. The van der Waals surface area contributed by atoms with Crippen LogP contribution in [0.15, 0.2) is 22.8 Å². The first-order valence-corrected chi connectivity index (χ1v) is 5.43. The minimum absolute atomic E-state index is 0.286. The van der Waals surface area contributed by atoms with Crippen LogP contribution in [0.25, 0.3) is 10.8 Å². The standard InChI is InChI=1S/C10H7BrFN3O2/c1-13-10-6-2-5(12)3-8(15(16)17)9(6)7(11)4-14-10/h2-4H,1H3,(H,13,14). The smallest absolute Gasteiger partial charge is 0.281 e. The summed E-state index contributed by atoms with van der Waals surface area (Å²) in [6, 6.07) is 2.11. The molecule has 17 heavy (non-hydrogen) atoms. The number of nitro groups is 1. The van der Waals surface area contributed by atoms with Gasteiger partial charge in [-0.1, -0.05) is 0 Å². The van der Waals surface area contributed by atoms with E-state index in [2.05, 4.69) is 26.2 Å². The summed E-state index contributed by atoms with van der Waals surface area (Å²) in [5.74, 6) is -0.272. The van der Waals surface area contributed by atoms with E-state index in [0.717, 1.165) is 6.07 Å². The molecule has 0 saturated carbocycles. The second-order valence-corrected chi connectivity index (χ2v) is 4.16. The maximum absolute atomic E-state index is 13.3. The maximum atomic E-state index is 13.3. The molecule has 0 aliphatic rings. The third-order valence-electron chi connectivity index (χ3n) is 2.32. The van der Waals surface area contributed by atoms with Crippen LogP contribution in [0.2, 0.25) is 0 Å². The first-order chi connectivity index (χ1) is 8.04. The third kappa shape index (κ3) is 1.93. The summed E-state index contributed by atoms with van der Waals surface area (Å²) < 4.78 is 13.8. The van der Waals surface area contributed by atoms with Crippen LogP contribution in [0.3, 0.4) is 0 Å². The minimum Gasteiger partial charge on any atom is -0.373 e. The molecule has 0 bridgehead atoms. The lowest BCUT2D eigenvalue weighted by Crippen LogP contribution is -1.97. The highest BCUT2D eigenvalue weighted by atomic mass is 79.9. The van der Waals surface area contributed by atoms with Crippen LogP contribution in [0.4, 0.5) is 15.9 Å². The van der Waals surface area contributed by atoms with Crippen molar-refractivity contribution in [2.75, 3.05) is 12.4 Å². The molecular weight excluding hydrogens is 293 g/mol. The molecule has 1 aromatic heterocycles. The number of hydrogen-bond acceptors (Lipinski definition) is 4. The van der Waals surface area contributed by atoms with Gasteiger partial charge in [0.2, 0.25) is 0 Å². The van der Waals surface area contributed by atoms with Gasteiger partial charge in [0.25, 0.3) is 5.69 Å². The molecular formula is C10H7BrFN3O2. The number of nitrogens with zero attached hydrogens (tertiary/aromatic N) is 2. The summed E-state index contributed by atoms with van der Waals surface area (Å²) in [4.78, 5) is 14.3. The fraction of sp³-hybridized carbons (Fsp3) is 0.100. The summed E-state index contributed by atoms with van der Waals surface area (Å²) in [7, 11) is 1.62. The highest BCUT2D eigenvalue weighted by Gasteiger charge is 2.19. The highest BCUT2D eigenvalue weighted by Crippen LogP contribution is 2.35. The third-order valence-corrected chi connectivity index (χ3v) is 2.92. The second-order valence-electron chi connectivity index (χ2n) is 3.31. The number of benzene rings is 1. The molecule has 0 amide bonds. The van der Waals surface area contributed by atoms with Crippen molar-refractivity contribution in [2.45, 2.75) is 0 Å². The molecule has 1 heterocycles. The quantitative estimate of drug-likeness (QED) is 0.683. The molecule has 0 saturated heterocycles. The normalized spacial score (nSPS) is 10.5. The molecule has 0 atom stereocenters.